The number of anilines is 1. The van der Waals surface area contributed by atoms with Gasteiger partial charge in [0.2, 0.25) is 20.0 Å². The van der Waals surface area contributed by atoms with Crippen molar-refractivity contribution in [2.24, 2.45) is 0 Å². The Hall–Kier alpha value is -2.50. The van der Waals surface area contributed by atoms with E-state index < -0.39 is 31.3 Å². The molecule has 1 saturated heterocycles. The molecule has 11 heteroatoms. The van der Waals surface area contributed by atoms with E-state index in [9.17, 15) is 21.6 Å². The minimum absolute atomic E-state index is 0.0138. The van der Waals surface area contributed by atoms with Gasteiger partial charge in [0, 0.05) is 19.3 Å². The van der Waals surface area contributed by atoms with Gasteiger partial charge in [0.15, 0.2) is 0 Å². The number of hydrogen-bond donors (Lipinski definition) is 0. The standard InChI is InChI=1S/C20H25N3O6S2.C2H6/c1-29-20(24)16-8-9-17(21-14-16)15-23(18-6-4-3-5-7-18)31(27,28)19-10-12-22(13-11-19)30(2,25)26;1-2/h3-9,14,19H,10-13,15H2,1-2H3;1-2H3. The van der Waals surface area contributed by atoms with Crippen LogP contribution < -0.4 is 4.31 Å². The van der Waals surface area contributed by atoms with Crippen LogP contribution in [-0.2, 0) is 31.3 Å². The molecule has 1 aromatic heterocycles. The quantitative estimate of drug-likeness (QED) is 0.540. The van der Waals surface area contributed by atoms with Crippen LogP contribution in [0.4, 0.5) is 5.69 Å². The van der Waals surface area contributed by atoms with Crippen LogP contribution in [0.1, 0.15) is 42.7 Å². The lowest BCUT2D eigenvalue weighted by Crippen LogP contribution is -2.46. The van der Waals surface area contributed by atoms with E-state index in [1.54, 1.807) is 36.4 Å². The van der Waals surface area contributed by atoms with E-state index in [0.717, 1.165) is 6.26 Å². The molecule has 0 unspecified atom stereocenters. The average Bonchev–Trinajstić information content (AvgIpc) is 2.83. The molecule has 1 aliphatic rings. The summed E-state index contributed by atoms with van der Waals surface area (Å²) in [6, 6.07) is 11.8. The highest BCUT2D eigenvalue weighted by molar-refractivity contribution is 7.93. The molecule has 0 bridgehead atoms. The molecule has 2 aromatic rings. The van der Waals surface area contributed by atoms with E-state index in [4.69, 9.17) is 0 Å². The van der Waals surface area contributed by atoms with Crippen molar-refractivity contribution in [3.63, 3.8) is 0 Å². The number of piperidine rings is 1. The molecule has 1 aliphatic heterocycles. The normalized spacial score (nSPS) is 15.3. The number of benzene rings is 1. The third-order valence-corrected chi connectivity index (χ3v) is 8.77. The summed E-state index contributed by atoms with van der Waals surface area (Å²) in [7, 11) is -5.87. The lowest BCUT2D eigenvalue weighted by molar-refractivity contribution is 0.0600. The molecule has 0 radical (unpaired) electrons. The maximum Gasteiger partial charge on any atom is 0.339 e. The lowest BCUT2D eigenvalue weighted by Gasteiger charge is -2.34. The molecular formula is C22H31N3O6S2. The van der Waals surface area contributed by atoms with Gasteiger partial charge in [0.25, 0.3) is 0 Å². The first-order valence-electron chi connectivity index (χ1n) is 10.7. The number of aromatic nitrogens is 1. The fourth-order valence-electron chi connectivity index (χ4n) is 3.47. The van der Waals surface area contributed by atoms with E-state index in [-0.39, 0.29) is 38.0 Å². The maximum absolute atomic E-state index is 13.5. The number of carbonyl (C=O) groups excluding carboxylic acids is 1. The molecule has 182 valence electrons. The van der Waals surface area contributed by atoms with Crippen molar-refractivity contribution in [2.45, 2.75) is 38.5 Å². The predicted octanol–water partition coefficient (Wildman–Crippen LogP) is 2.65. The van der Waals surface area contributed by atoms with E-state index in [1.807, 2.05) is 13.8 Å². The lowest BCUT2D eigenvalue weighted by atomic mass is 10.2. The first-order valence-corrected chi connectivity index (χ1v) is 14.0. The van der Waals surface area contributed by atoms with Crippen LogP contribution in [0, 0.1) is 0 Å². The van der Waals surface area contributed by atoms with Crippen LogP contribution in [-0.4, -0.2) is 63.8 Å². The molecule has 2 heterocycles. The van der Waals surface area contributed by atoms with Gasteiger partial charge in [-0.25, -0.2) is 25.9 Å². The van der Waals surface area contributed by atoms with Crippen LogP contribution in [0.2, 0.25) is 0 Å². The first-order chi connectivity index (χ1) is 15.6. The number of hydrogen-bond acceptors (Lipinski definition) is 7. The number of ether oxygens (including phenoxy) is 1. The molecule has 0 N–H and O–H groups in total. The second kappa shape index (κ2) is 11.6. The number of para-hydroxylation sites is 1. The smallest absolute Gasteiger partial charge is 0.339 e. The molecule has 0 amide bonds. The molecule has 0 spiro atoms. The zero-order valence-electron chi connectivity index (χ0n) is 19.3. The summed E-state index contributed by atoms with van der Waals surface area (Å²) >= 11 is 0. The third kappa shape index (κ3) is 6.75. The van der Waals surface area contributed by atoms with Gasteiger partial charge in [-0.2, -0.15) is 0 Å². The molecule has 0 saturated carbocycles. The van der Waals surface area contributed by atoms with Crippen molar-refractivity contribution >= 4 is 31.7 Å². The number of nitrogens with zero attached hydrogens (tertiary/aromatic N) is 3. The summed E-state index contributed by atoms with van der Waals surface area (Å²) in [6.45, 7) is 4.31. The molecule has 0 aliphatic carbocycles. The summed E-state index contributed by atoms with van der Waals surface area (Å²) in [6.07, 6.45) is 2.91. The Bertz CT molecular complexity index is 1110. The van der Waals surface area contributed by atoms with E-state index in [2.05, 4.69) is 9.72 Å². The number of methoxy groups -OCH3 is 1. The maximum atomic E-state index is 13.5. The summed E-state index contributed by atoms with van der Waals surface area (Å²) < 4.78 is 57.8. The Labute approximate surface area is 196 Å². The topological polar surface area (TPSA) is 114 Å². The van der Waals surface area contributed by atoms with Crippen LogP contribution in [0.25, 0.3) is 0 Å². The first kappa shape index (κ1) is 26.7. The minimum Gasteiger partial charge on any atom is -0.465 e. The SMILES string of the molecule is CC.COC(=O)c1ccc(CN(c2ccccc2)S(=O)(=O)C2CCN(S(C)(=O)=O)CC2)nc1. The van der Waals surface area contributed by atoms with E-state index in [0.29, 0.717) is 11.4 Å². The van der Waals surface area contributed by atoms with Gasteiger partial charge in [-0.15, -0.1) is 0 Å². The van der Waals surface area contributed by atoms with Gasteiger partial charge in [-0.3, -0.25) is 9.29 Å². The minimum atomic E-state index is -3.80. The van der Waals surface area contributed by atoms with Crippen LogP contribution in [0.5, 0.6) is 0 Å². The molecule has 9 nitrogen and oxygen atoms in total. The second-order valence-corrected chi connectivity index (χ2v) is 11.4. The number of carbonyl (C=O) groups is 1. The molecule has 0 atom stereocenters. The molecule has 3 rings (SSSR count). The summed E-state index contributed by atoms with van der Waals surface area (Å²) in [5.41, 5.74) is 1.23. The van der Waals surface area contributed by atoms with Gasteiger partial charge in [0.1, 0.15) is 0 Å². The molecule has 1 fully saturated rings. The zero-order valence-corrected chi connectivity index (χ0v) is 21.0. The van der Waals surface area contributed by atoms with E-state index >= 15 is 0 Å². The Morgan fingerprint density at radius 3 is 2.15 bits per heavy atom. The highest BCUT2D eigenvalue weighted by atomic mass is 32.2. The molecule has 1 aromatic carbocycles. The van der Waals surface area contributed by atoms with Crippen molar-refractivity contribution in [1.82, 2.24) is 9.29 Å². The van der Waals surface area contributed by atoms with Crippen molar-refractivity contribution in [3.05, 3.63) is 59.9 Å². The highest BCUT2D eigenvalue weighted by Crippen LogP contribution is 2.28. The molecule has 33 heavy (non-hydrogen) atoms. The summed E-state index contributed by atoms with van der Waals surface area (Å²) in [4.78, 5) is 15.8. The second-order valence-electron chi connectivity index (χ2n) is 7.28. The Kier molecular flexibility index (Phi) is 9.38. The number of pyridine rings is 1. The van der Waals surface area contributed by atoms with Gasteiger partial charge in [-0.05, 0) is 37.1 Å². The monoisotopic (exact) mass is 497 g/mol. The summed E-state index contributed by atoms with van der Waals surface area (Å²) in [5, 5.41) is -0.708. The Balaban J connectivity index is 0.00000187. The van der Waals surface area contributed by atoms with Gasteiger partial charge in [0.05, 0.1) is 42.1 Å². The number of esters is 1. The van der Waals surface area contributed by atoms with Crippen molar-refractivity contribution in [3.8, 4) is 0 Å². The van der Waals surface area contributed by atoms with Crippen LogP contribution in [0.3, 0.4) is 0 Å². The van der Waals surface area contributed by atoms with Gasteiger partial charge < -0.3 is 4.74 Å². The zero-order chi connectivity index (χ0) is 24.6. The predicted molar refractivity (Wildman–Crippen MR) is 128 cm³/mol. The average molecular weight is 498 g/mol. The Morgan fingerprint density at radius 1 is 1.06 bits per heavy atom. The fourth-order valence-corrected chi connectivity index (χ4v) is 6.24. The molecular weight excluding hydrogens is 466 g/mol. The van der Waals surface area contributed by atoms with Crippen molar-refractivity contribution in [2.75, 3.05) is 30.8 Å². The highest BCUT2D eigenvalue weighted by Gasteiger charge is 2.37. The van der Waals surface area contributed by atoms with Gasteiger partial charge in [-0.1, -0.05) is 32.0 Å². The largest absolute Gasteiger partial charge is 0.465 e. The Morgan fingerprint density at radius 2 is 1.67 bits per heavy atom. The fraction of sp³-hybridized carbons (Fsp3) is 0.455. The number of sulfonamides is 2. The van der Waals surface area contributed by atoms with Gasteiger partial charge >= 0.3 is 5.97 Å². The number of rotatable bonds is 7. The summed E-state index contributed by atoms with van der Waals surface area (Å²) in [5.74, 6) is -0.524. The van der Waals surface area contributed by atoms with Crippen LogP contribution >= 0.6 is 0 Å². The van der Waals surface area contributed by atoms with Crippen LogP contribution in [0.15, 0.2) is 48.7 Å². The van der Waals surface area contributed by atoms with Crippen molar-refractivity contribution in [1.29, 1.82) is 0 Å². The van der Waals surface area contributed by atoms with Crippen molar-refractivity contribution < 1.29 is 26.4 Å². The third-order valence-electron chi connectivity index (χ3n) is 5.19. The van der Waals surface area contributed by atoms with E-state index in [1.165, 1.54) is 28.0 Å².